The predicted molar refractivity (Wildman–Crippen MR) is 145 cm³/mol. The maximum Gasteiger partial charge on any atom is 0.337 e. The van der Waals surface area contributed by atoms with Gasteiger partial charge in [0.05, 0.1) is 30.2 Å². The van der Waals surface area contributed by atoms with Crippen molar-refractivity contribution in [2.45, 2.75) is 91.4 Å². The van der Waals surface area contributed by atoms with Gasteiger partial charge in [-0.1, -0.05) is 65.0 Å². The van der Waals surface area contributed by atoms with Crippen LogP contribution in [-0.2, 0) is 28.6 Å². The van der Waals surface area contributed by atoms with E-state index in [9.17, 15) is 14.4 Å². The van der Waals surface area contributed by atoms with Gasteiger partial charge < -0.3 is 31.0 Å². The molecule has 0 fully saturated rings. The minimum absolute atomic E-state index is 0.0460. The van der Waals surface area contributed by atoms with Gasteiger partial charge in [0, 0.05) is 24.5 Å². The number of esters is 2. The first kappa shape index (κ1) is 30.8. The van der Waals surface area contributed by atoms with Gasteiger partial charge in [-0.25, -0.2) is 9.79 Å². The van der Waals surface area contributed by atoms with E-state index >= 15 is 0 Å². The van der Waals surface area contributed by atoms with E-state index in [1.54, 1.807) is 37.3 Å². The average Bonchev–Trinajstić information content (AvgIpc) is 2.87. The molecule has 5 atom stereocenters. The summed E-state index contributed by atoms with van der Waals surface area (Å²) in [6, 6.07) is 7.51. The number of benzene rings is 1. The molecule has 5 N–H and O–H groups in total. The fraction of sp³-hybridized carbons (Fsp3) is 0.571. The van der Waals surface area contributed by atoms with Crippen LogP contribution in [0.3, 0.4) is 0 Å². The summed E-state index contributed by atoms with van der Waals surface area (Å²) in [7, 11) is 0. The number of carbonyl (C=O) groups is 3. The molecule has 1 aliphatic carbocycles. The van der Waals surface area contributed by atoms with Crippen LogP contribution in [0.4, 0.5) is 0 Å². The first-order valence-electron chi connectivity index (χ1n) is 13.1. The molecule has 1 unspecified atom stereocenters. The molecule has 2 rings (SSSR count). The van der Waals surface area contributed by atoms with Crippen molar-refractivity contribution in [1.29, 1.82) is 0 Å². The smallest absolute Gasteiger partial charge is 0.337 e. The summed E-state index contributed by atoms with van der Waals surface area (Å²) in [4.78, 5) is 42.5. The van der Waals surface area contributed by atoms with Crippen LogP contribution in [0.25, 0.3) is 0 Å². The first-order chi connectivity index (χ1) is 18.0. The molecule has 10 heteroatoms. The van der Waals surface area contributed by atoms with Gasteiger partial charge in [0.2, 0.25) is 5.91 Å². The fourth-order valence-electron chi connectivity index (χ4n) is 4.08. The summed E-state index contributed by atoms with van der Waals surface area (Å²) < 4.78 is 17.7. The normalized spacial score (nSPS) is 20.7. The molecule has 1 aliphatic rings. The average molecular weight is 531 g/mol. The van der Waals surface area contributed by atoms with Crippen LogP contribution in [0.15, 0.2) is 47.0 Å². The number of hydrogen-bond acceptors (Lipinski definition) is 7. The number of aliphatic imine (C=N–C) groups is 1. The highest BCUT2D eigenvalue weighted by Gasteiger charge is 2.39. The van der Waals surface area contributed by atoms with Crippen LogP contribution in [0.2, 0.25) is 0 Å². The van der Waals surface area contributed by atoms with Gasteiger partial charge in [0.15, 0.2) is 5.96 Å². The second-order valence-electron chi connectivity index (χ2n) is 9.90. The topological polar surface area (TPSA) is 155 Å². The second-order valence-corrected chi connectivity index (χ2v) is 9.90. The summed E-state index contributed by atoms with van der Waals surface area (Å²) in [5, 5.41) is 2.87. The van der Waals surface area contributed by atoms with Crippen LogP contribution in [0.5, 0.6) is 0 Å². The van der Waals surface area contributed by atoms with E-state index in [-0.39, 0.29) is 35.9 Å². The molecule has 38 heavy (non-hydrogen) atoms. The Labute approximate surface area is 225 Å². The minimum atomic E-state index is -1.24. The van der Waals surface area contributed by atoms with Crippen molar-refractivity contribution < 1.29 is 28.6 Å². The third-order valence-electron chi connectivity index (χ3n) is 6.65. The third kappa shape index (κ3) is 8.86. The number of rotatable bonds is 12. The molecule has 1 aromatic carbocycles. The van der Waals surface area contributed by atoms with Gasteiger partial charge in [-0.2, -0.15) is 0 Å². The van der Waals surface area contributed by atoms with Crippen molar-refractivity contribution in [2.24, 2.45) is 28.3 Å². The Kier molecular flexibility index (Phi) is 11.8. The lowest BCUT2D eigenvalue weighted by Crippen LogP contribution is -2.54. The quantitative estimate of drug-likeness (QED) is 0.161. The lowest BCUT2D eigenvalue weighted by Gasteiger charge is -2.36. The molecule has 1 amide bonds. The summed E-state index contributed by atoms with van der Waals surface area (Å²) in [5.74, 6) is -1.97. The van der Waals surface area contributed by atoms with Gasteiger partial charge in [-0.15, -0.1) is 0 Å². The molecule has 0 aliphatic heterocycles. The molecule has 210 valence electrons. The maximum absolute atomic E-state index is 13.5. The van der Waals surface area contributed by atoms with E-state index in [0.717, 1.165) is 12.8 Å². The number of guanidine groups is 1. The molecule has 0 spiro atoms. The molecule has 0 heterocycles. The van der Waals surface area contributed by atoms with Crippen molar-refractivity contribution in [1.82, 2.24) is 5.32 Å². The van der Waals surface area contributed by atoms with E-state index in [4.69, 9.17) is 25.7 Å². The van der Waals surface area contributed by atoms with E-state index < -0.39 is 42.3 Å². The van der Waals surface area contributed by atoms with Crippen molar-refractivity contribution in [3.05, 3.63) is 47.5 Å². The summed E-state index contributed by atoms with van der Waals surface area (Å²) in [6.45, 7) is 11.0. The predicted octanol–water partition coefficient (Wildman–Crippen LogP) is 3.11. The Bertz CT molecular complexity index is 1000. The molecule has 0 aromatic heterocycles. The second kappa shape index (κ2) is 14.5. The standard InChI is InChI=1S/C28H42N4O6/c1-7-21(8-2)36-23-15-20(14-22(32-28(29)30)24(23)31-18(6)33)26(35)38-27(19-12-10-9-11-13-19)37-25(34)17(5)16(3)4/h9-13,15-17,21-24,27H,7-8,14H2,1-6H3,(H,31,33)(H4,29,30,32)/t17-,22+,23-,24-,27?/m1/s1. The van der Waals surface area contributed by atoms with Crippen LogP contribution in [0, 0.1) is 11.8 Å². The van der Waals surface area contributed by atoms with Gasteiger partial charge in [-0.3, -0.25) is 9.59 Å². The molecule has 1 aromatic rings. The first-order valence-corrected chi connectivity index (χ1v) is 13.1. The number of hydrogen-bond donors (Lipinski definition) is 3. The fourth-order valence-corrected chi connectivity index (χ4v) is 4.08. The number of nitrogens with two attached hydrogens (primary N) is 2. The highest BCUT2D eigenvalue weighted by molar-refractivity contribution is 5.89. The largest absolute Gasteiger partial charge is 0.420 e. The minimum Gasteiger partial charge on any atom is -0.420 e. The van der Waals surface area contributed by atoms with Gasteiger partial charge in [-0.05, 0) is 24.8 Å². The Morgan fingerprint density at radius 1 is 1.05 bits per heavy atom. The number of ether oxygens (including phenoxy) is 3. The molecule has 0 saturated heterocycles. The lowest BCUT2D eigenvalue weighted by atomic mass is 9.87. The summed E-state index contributed by atoms with van der Waals surface area (Å²) in [6.07, 6.45) is 1.15. The van der Waals surface area contributed by atoms with Crippen LogP contribution >= 0.6 is 0 Å². The molecule has 0 bridgehead atoms. The van der Waals surface area contributed by atoms with E-state index in [1.807, 2.05) is 33.8 Å². The zero-order valence-corrected chi connectivity index (χ0v) is 23.2. The Morgan fingerprint density at radius 2 is 1.68 bits per heavy atom. The molecular weight excluding hydrogens is 488 g/mol. The zero-order chi connectivity index (χ0) is 28.4. The summed E-state index contributed by atoms with van der Waals surface area (Å²) >= 11 is 0. The van der Waals surface area contributed by atoms with E-state index in [2.05, 4.69) is 10.3 Å². The Morgan fingerprint density at radius 3 is 2.21 bits per heavy atom. The SMILES string of the molecule is CCC(CC)O[C@@H]1C=C(C(=O)OC(OC(=O)[C@H](C)C(C)C)c2ccccc2)C[C@H](N=C(N)N)[C@H]1NC(C)=O. The van der Waals surface area contributed by atoms with Gasteiger partial charge in [0.25, 0.3) is 6.29 Å². The Hall–Kier alpha value is -3.40. The van der Waals surface area contributed by atoms with Gasteiger partial charge in [0.1, 0.15) is 0 Å². The number of carbonyl (C=O) groups excluding carboxylic acids is 3. The van der Waals surface area contributed by atoms with E-state index in [1.165, 1.54) is 6.92 Å². The van der Waals surface area contributed by atoms with Crippen molar-refractivity contribution in [3.63, 3.8) is 0 Å². The molecule has 0 saturated carbocycles. The van der Waals surface area contributed by atoms with Crippen molar-refractivity contribution >= 4 is 23.8 Å². The number of nitrogens with one attached hydrogen (secondary N) is 1. The van der Waals surface area contributed by atoms with Crippen LogP contribution in [0.1, 0.15) is 72.7 Å². The van der Waals surface area contributed by atoms with Crippen molar-refractivity contribution in [2.75, 3.05) is 0 Å². The highest BCUT2D eigenvalue weighted by Crippen LogP contribution is 2.30. The number of nitrogens with zero attached hydrogens (tertiary/aromatic N) is 1. The molecule has 0 radical (unpaired) electrons. The monoisotopic (exact) mass is 530 g/mol. The lowest BCUT2D eigenvalue weighted by molar-refractivity contribution is -0.191. The zero-order valence-electron chi connectivity index (χ0n) is 23.2. The summed E-state index contributed by atoms with van der Waals surface area (Å²) in [5.41, 5.74) is 12.1. The van der Waals surface area contributed by atoms with Gasteiger partial charge >= 0.3 is 11.9 Å². The number of amides is 1. The molecular formula is C28H42N4O6. The third-order valence-corrected chi connectivity index (χ3v) is 6.65. The highest BCUT2D eigenvalue weighted by atomic mass is 16.7. The van der Waals surface area contributed by atoms with Crippen molar-refractivity contribution in [3.8, 4) is 0 Å². The Balaban J connectivity index is 2.42. The maximum atomic E-state index is 13.5. The van der Waals surface area contributed by atoms with E-state index in [0.29, 0.717) is 5.56 Å². The van der Waals surface area contributed by atoms with Crippen LogP contribution in [-0.4, -0.2) is 48.1 Å². The molecule has 10 nitrogen and oxygen atoms in total. The van der Waals surface area contributed by atoms with Crippen LogP contribution < -0.4 is 16.8 Å².